The predicted octanol–water partition coefficient (Wildman–Crippen LogP) is 4.09. The molecule has 0 radical (unpaired) electrons. The monoisotopic (exact) mass is 288 g/mol. The molecule has 3 rings (SSSR count). The topological polar surface area (TPSA) is 35.0 Å². The van der Waals surface area contributed by atoms with E-state index in [2.05, 4.69) is 28.4 Å². The lowest BCUT2D eigenvalue weighted by Gasteiger charge is -2.07. The van der Waals surface area contributed by atoms with E-state index in [0.717, 1.165) is 26.5 Å². The third kappa shape index (κ3) is 2.31. The van der Waals surface area contributed by atoms with E-state index in [1.165, 1.54) is 4.90 Å². The lowest BCUT2D eigenvalue weighted by Crippen LogP contribution is -1.88. The summed E-state index contributed by atoms with van der Waals surface area (Å²) in [5.41, 5.74) is 2.01. The van der Waals surface area contributed by atoms with Gasteiger partial charge in [-0.25, -0.2) is 4.98 Å². The van der Waals surface area contributed by atoms with Crippen LogP contribution in [0.2, 0.25) is 0 Å². The lowest BCUT2D eigenvalue weighted by atomic mass is 10.2. The van der Waals surface area contributed by atoms with Crippen LogP contribution in [0.3, 0.4) is 0 Å². The van der Waals surface area contributed by atoms with E-state index in [1.54, 1.807) is 36.4 Å². The first-order valence-electron chi connectivity index (χ1n) is 5.75. The molecule has 0 saturated carbocycles. The van der Waals surface area contributed by atoms with Crippen molar-refractivity contribution >= 4 is 33.3 Å². The molecule has 0 N–H and O–H groups in total. The van der Waals surface area contributed by atoms with Gasteiger partial charge in [-0.2, -0.15) is 0 Å². The quantitative estimate of drug-likeness (QED) is 0.680. The molecule has 0 amide bonds. The SMILES string of the molecule is COc1cc(SC)ccc1-c1nc2ccncc2s1. The molecule has 1 aromatic carbocycles. The van der Waals surface area contributed by atoms with Crippen LogP contribution in [-0.2, 0) is 0 Å². The summed E-state index contributed by atoms with van der Waals surface area (Å²) in [7, 11) is 1.69. The average Bonchev–Trinajstić information content (AvgIpc) is 2.90. The Morgan fingerprint density at radius 2 is 2.16 bits per heavy atom. The van der Waals surface area contributed by atoms with Crippen LogP contribution in [0.5, 0.6) is 5.75 Å². The second kappa shape index (κ2) is 5.19. The maximum Gasteiger partial charge on any atom is 0.130 e. The van der Waals surface area contributed by atoms with E-state index in [9.17, 15) is 0 Å². The normalized spacial score (nSPS) is 10.8. The van der Waals surface area contributed by atoms with E-state index in [1.807, 2.05) is 18.3 Å². The van der Waals surface area contributed by atoms with Gasteiger partial charge in [-0.15, -0.1) is 23.1 Å². The molecule has 96 valence electrons. The van der Waals surface area contributed by atoms with Crippen LogP contribution in [0.1, 0.15) is 0 Å². The zero-order valence-electron chi connectivity index (χ0n) is 10.6. The van der Waals surface area contributed by atoms with Crippen LogP contribution >= 0.6 is 23.1 Å². The van der Waals surface area contributed by atoms with Gasteiger partial charge in [0.15, 0.2) is 0 Å². The number of hydrogen-bond acceptors (Lipinski definition) is 5. The number of rotatable bonds is 3. The summed E-state index contributed by atoms with van der Waals surface area (Å²) in [6.07, 6.45) is 5.66. The van der Waals surface area contributed by atoms with Gasteiger partial charge in [0.1, 0.15) is 10.8 Å². The van der Waals surface area contributed by atoms with Crippen LogP contribution in [0.15, 0.2) is 41.6 Å². The summed E-state index contributed by atoms with van der Waals surface area (Å²) < 4.78 is 6.57. The summed E-state index contributed by atoms with van der Waals surface area (Å²) in [5, 5.41) is 0.965. The highest BCUT2D eigenvalue weighted by Crippen LogP contribution is 2.37. The van der Waals surface area contributed by atoms with Gasteiger partial charge in [0.2, 0.25) is 0 Å². The Morgan fingerprint density at radius 1 is 1.26 bits per heavy atom. The highest BCUT2D eigenvalue weighted by Gasteiger charge is 2.11. The zero-order valence-corrected chi connectivity index (χ0v) is 12.2. The van der Waals surface area contributed by atoms with Gasteiger partial charge in [0.25, 0.3) is 0 Å². The Hall–Kier alpha value is -1.59. The Morgan fingerprint density at radius 3 is 2.89 bits per heavy atom. The molecule has 2 aromatic heterocycles. The number of hydrogen-bond donors (Lipinski definition) is 0. The van der Waals surface area contributed by atoms with Crippen molar-refractivity contribution in [1.29, 1.82) is 0 Å². The maximum atomic E-state index is 5.48. The van der Waals surface area contributed by atoms with Crippen LogP contribution in [0.4, 0.5) is 0 Å². The fraction of sp³-hybridized carbons (Fsp3) is 0.143. The Kier molecular flexibility index (Phi) is 3.40. The second-order valence-electron chi connectivity index (χ2n) is 3.93. The van der Waals surface area contributed by atoms with Crippen LogP contribution in [-0.4, -0.2) is 23.3 Å². The number of thioether (sulfide) groups is 1. The summed E-state index contributed by atoms with van der Waals surface area (Å²) in [5.74, 6) is 0.860. The summed E-state index contributed by atoms with van der Waals surface area (Å²) >= 11 is 3.33. The van der Waals surface area contributed by atoms with Crippen molar-refractivity contribution in [3.8, 4) is 16.3 Å². The van der Waals surface area contributed by atoms with Gasteiger partial charge in [-0.05, 0) is 30.5 Å². The van der Waals surface area contributed by atoms with Gasteiger partial charge in [-0.3, -0.25) is 4.98 Å². The molecule has 5 heteroatoms. The van der Waals surface area contributed by atoms with Crippen molar-refractivity contribution in [2.24, 2.45) is 0 Å². The van der Waals surface area contributed by atoms with Gasteiger partial charge >= 0.3 is 0 Å². The van der Waals surface area contributed by atoms with Crippen molar-refractivity contribution < 1.29 is 4.74 Å². The fourth-order valence-electron chi connectivity index (χ4n) is 1.87. The standard InChI is InChI=1S/C14H12N2OS2/c1-17-12-7-9(18-2)3-4-10(12)14-16-11-5-6-15-8-13(11)19-14/h3-8H,1-2H3. The first kappa shape index (κ1) is 12.4. The third-order valence-electron chi connectivity index (χ3n) is 2.83. The van der Waals surface area contributed by atoms with Crippen molar-refractivity contribution in [2.45, 2.75) is 4.90 Å². The van der Waals surface area contributed by atoms with Gasteiger partial charge in [0.05, 0.1) is 22.9 Å². The van der Waals surface area contributed by atoms with Crippen molar-refractivity contribution in [2.75, 3.05) is 13.4 Å². The Labute approximate surface area is 119 Å². The molecule has 0 fully saturated rings. The van der Waals surface area contributed by atoms with E-state index in [0.29, 0.717) is 0 Å². The minimum Gasteiger partial charge on any atom is -0.496 e. The number of methoxy groups -OCH3 is 1. The molecule has 19 heavy (non-hydrogen) atoms. The first-order chi connectivity index (χ1) is 9.31. The van der Waals surface area contributed by atoms with Gasteiger partial charge < -0.3 is 4.74 Å². The van der Waals surface area contributed by atoms with Crippen LogP contribution in [0.25, 0.3) is 20.8 Å². The average molecular weight is 288 g/mol. The molecule has 0 aliphatic carbocycles. The molecular weight excluding hydrogens is 276 g/mol. The van der Waals surface area contributed by atoms with Crippen LogP contribution in [0, 0.1) is 0 Å². The smallest absolute Gasteiger partial charge is 0.130 e. The number of benzene rings is 1. The van der Waals surface area contributed by atoms with E-state index < -0.39 is 0 Å². The molecule has 0 aliphatic rings. The Bertz CT molecular complexity index is 691. The highest BCUT2D eigenvalue weighted by atomic mass is 32.2. The molecule has 0 spiro atoms. The molecule has 0 atom stereocenters. The number of thiazole rings is 1. The Balaban J connectivity index is 2.15. The molecule has 0 saturated heterocycles. The molecular formula is C14H12N2OS2. The van der Waals surface area contributed by atoms with E-state index >= 15 is 0 Å². The van der Waals surface area contributed by atoms with Crippen molar-refractivity contribution in [3.05, 3.63) is 36.7 Å². The number of ether oxygens (including phenoxy) is 1. The maximum absolute atomic E-state index is 5.48. The molecule has 0 bridgehead atoms. The first-order valence-corrected chi connectivity index (χ1v) is 7.79. The molecule has 0 aliphatic heterocycles. The molecule has 3 aromatic rings. The summed E-state index contributed by atoms with van der Waals surface area (Å²) in [6, 6.07) is 8.13. The van der Waals surface area contributed by atoms with Gasteiger partial charge in [-0.1, -0.05) is 0 Å². The third-order valence-corrected chi connectivity index (χ3v) is 4.59. The highest BCUT2D eigenvalue weighted by molar-refractivity contribution is 7.98. The largest absolute Gasteiger partial charge is 0.496 e. The summed E-state index contributed by atoms with van der Waals surface area (Å²) in [6.45, 7) is 0. The van der Waals surface area contributed by atoms with E-state index in [-0.39, 0.29) is 0 Å². The van der Waals surface area contributed by atoms with Crippen LogP contribution < -0.4 is 4.74 Å². The fourth-order valence-corrected chi connectivity index (χ4v) is 3.26. The number of nitrogens with zero attached hydrogens (tertiary/aromatic N) is 2. The lowest BCUT2D eigenvalue weighted by molar-refractivity contribution is 0.415. The molecule has 0 unspecified atom stereocenters. The molecule has 3 nitrogen and oxygen atoms in total. The zero-order chi connectivity index (χ0) is 13.2. The van der Waals surface area contributed by atoms with Crippen molar-refractivity contribution in [1.82, 2.24) is 9.97 Å². The number of aromatic nitrogens is 2. The second-order valence-corrected chi connectivity index (χ2v) is 5.84. The predicted molar refractivity (Wildman–Crippen MR) is 81.2 cm³/mol. The minimum absolute atomic E-state index is 0.860. The summed E-state index contributed by atoms with van der Waals surface area (Å²) in [4.78, 5) is 9.95. The van der Waals surface area contributed by atoms with Crippen molar-refractivity contribution in [3.63, 3.8) is 0 Å². The van der Waals surface area contributed by atoms with E-state index in [4.69, 9.17) is 4.74 Å². The number of pyridine rings is 1. The van der Waals surface area contributed by atoms with Gasteiger partial charge in [0, 0.05) is 17.3 Å². The number of fused-ring (bicyclic) bond motifs is 1. The molecule has 2 heterocycles. The minimum atomic E-state index is 0.860.